The number of aliphatic carboxylic acids is 1. The smallest absolute Gasteiger partial charge is 0.416 e. The van der Waals surface area contributed by atoms with Crippen molar-refractivity contribution in [3.8, 4) is 0 Å². The Labute approximate surface area is 202 Å². The molecule has 1 fully saturated rings. The molecule has 0 bridgehead atoms. The lowest BCUT2D eigenvalue weighted by atomic mass is 10.1. The van der Waals surface area contributed by atoms with Crippen LogP contribution in [0.25, 0.3) is 0 Å². The van der Waals surface area contributed by atoms with Crippen LogP contribution in [0, 0.1) is 6.92 Å². The van der Waals surface area contributed by atoms with Crippen LogP contribution in [0.1, 0.15) is 36.1 Å². The molecule has 0 aromatic heterocycles. The molecule has 0 spiro atoms. The summed E-state index contributed by atoms with van der Waals surface area (Å²) in [5.74, 6) is -1.37. The normalized spacial score (nSPS) is 19.5. The number of carbonyl (C=O) groups excluding carboxylic acids is 1. The van der Waals surface area contributed by atoms with E-state index in [0.29, 0.717) is 16.7 Å². The third-order valence-corrected chi connectivity index (χ3v) is 7.98. The van der Waals surface area contributed by atoms with Crippen molar-refractivity contribution < 1.29 is 36.3 Å². The molecule has 2 aromatic rings. The van der Waals surface area contributed by atoms with E-state index in [-0.39, 0.29) is 36.7 Å². The van der Waals surface area contributed by atoms with E-state index in [2.05, 4.69) is 0 Å². The van der Waals surface area contributed by atoms with E-state index in [1.165, 1.54) is 33.5 Å². The van der Waals surface area contributed by atoms with E-state index in [0.717, 1.165) is 12.1 Å². The highest BCUT2D eigenvalue weighted by molar-refractivity contribution is 7.89. The Bertz CT molecular complexity index is 1200. The van der Waals surface area contributed by atoms with Crippen LogP contribution < -0.4 is 0 Å². The molecular weight excluding hydrogens is 485 g/mol. The number of rotatable bonds is 6. The second-order valence-electron chi connectivity index (χ2n) is 8.93. The van der Waals surface area contributed by atoms with E-state index in [9.17, 15) is 31.2 Å². The highest BCUT2D eigenvalue weighted by Gasteiger charge is 2.40. The predicted molar refractivity (Wildman–Crippen MR) is 122 cm³/mol. The third kappa shape index (κ3) is 6.21. The quantitative estimate of drug-likeness (QED) is 0.640. The van der Waals surface area contributed by atoms with Gasteiger partial charge in [0.1, 0.15) is 0 Å². The number of nitrogens with zero attached hydrogens (tertiary/aromatic N) is 2. The van der Waals surface area contributed by atoms with Gasteiger partial charge in [0.25, 0.3) is 0 Å². The fraction of sp³-hybridized carbons (Fsp3) is 0.417. The van der Waals surface area contributed by atoms with Gasteiger partial charge in [-0.05, 0) is 61.7 Å². The van der Waals surface area contributed by atoms with E-state index in [1.54, 1.807) is 26.8 Å². The summed E-state index contributed by atoms with van der Waals surface area (Å²) in [6.07, 6.45) is -4.86. The van der Waals surface area contributed by atoms with Crippen molar-refractivity contribution in [1.82, 2.24) is 9.21 Å². The maximum Gasteiger partial charge on any atom is 0.416 e. The highest BCUT2D eigenvalue weighted by Crippen LogP contribution is 2.30. The molecule has 1 amide bonds. The second-order valence-corrected chi connectivity index (χ2v) is 10.8. The molecule has 0 saturated carbocycles. The van der Waals surface area contributed by atoms with Crippen LogP contribution in [0.3, 0.4) is 0 Å². The number of benzene rings is 2. The summed E-state index contributed by atoms with van der Waals surface area (Å²) < 4.78 is 66.5. The number of carboxylic acids is 1. The summed E-state index contributed by atoms with van der Waals surface area (Å²) in [7, 11) is -3.97. The summed E-state index contributed by atoms with van der Waals surface area (Å²) >= 11 is 0. The SMILES string of the molecule is Cc1cc(CC(=O)O)cc(S(=O)(=O)N2C(C)CN(C(=O)Cc3ccc(C(F)(F)F)cc3)CC2C)c1. The average molecular weight is 513 g/mol. The largest absolute Gasteiger partial charge is 0.481 e. The average Bonchev–Trinajstić information content (AvgIpc) is 2.71. The summed E-state index contributed by atoms with van der Waals surface area (Å²) in [4.78, 5) is 25.4. The number of alkyl halides is 3. The van der Waals surface area contributed by atoms with Crippen LogP contribution in [0.5, 0.6) is 0 Å². The topological polar surface area (TPSA) is 95.0 Å². The van der Waals surface area contributed by atoms with Gasteiger partial charge >= 0.3 is 12.1 Å². The Balaban J connectivity index is 1.75. The molecule has 2 unspecified atom stereocenters. The van der Waals surface area contributed by atoms with Crippen molar-refractivity contribution in [2.45, 2.75) is 56.8 Å². The minimum Gasteiger partial charge on any atom is -0.481 e. The maximum atomic E-state index is 13.5. The van der Waals surface area contributed by atoms with Gasteiger partial charge < -0.3 is 10.0 Å². The van der Waals surface area contributed by atoms with E-state index < -0.39 is 39.8 Å². The van der Waals surface area contributed by atoms with Crippen LogP contribution in [-0.4, -0.2) is 59.8 Å². The fourth-order valence-corrected chi connectivity index (χ4v) is 6.41. The number of carbonyl (C=O) groups is 2. The predicted octanol–water partition coefficient (Wildman–Crippen LogP) is 3.49. The number of carboxylic acid groups (broad SMARTS) is 1. The van der Waals surface area contributed by atoms with E-state index in [4.69, 9.17) is 5.11 Å². The van der Waals surface area contributed by atoms with E-state index >= 15 is 0 Å². The number of amides is 1. The molecule has 2 atom stereocenters. The molecule has 1 N–H and O–H groups in total. The molecule has 1 aliphatic heterocycles. The summed E-state index contributed by atoms with van der Waals surface area (Å²) in [6.45, 7) is 5.29. The molecular formula is C24H27F3N2O5S. The molecule has 35 heavy (non-hydrogen) atoms. The van der Waals surface area contributed by atoms with Gasteiger partial charge in [0, 0.05) is 25.2 Å². The molecule has 1 aliphatic rings. The van der Waals surface area contributed by atoms with Gasteiger partial charge in [-0.1, -0.05) is 18.2 Å². The van der Waals surface area contributed by atoms with Gasteiger partial charge in [0.2, 0.25) is 15.9 Å². The van der Waals surface area contributed by atoms with Crippen molar-refractivity contribution >= 4 is 21.9 Å². The standard InChI is InChI=1S/C24H27F3N2O5S/c1-15-8-19(12-23(31)32)10-21(9-15)35(33,34)29-16(2)13-28(14-17(29)3)22(30)11-18-4-6-20(7-5-18)24(25,26)27/h4-10,16-17H,11-14H2,1-3H3,(H,31,32). The molecule has 0 radical (unpaired) electrons. The Morgan fingerprint density at radius 1 is 0.971 bits per heavy atom. The van der Waals surface area contributed by atoms with E-state index in [1.807, 2.05) is 0 Å². The van der Waals surface area contributed by atoms with Gasteiger partial charge in [-0.15, -0.1) is 0 Å². The number of hydrogen-bond donors (Lipinski definition) is 1. The van der Waals surface area contributed by atoms with Crippen molar-refractivity contribution in [3.05, 3.63) is 64.7 Å². The highest BCUT2D eigenvalue weighted by atomic mass is 32.2. The summed E-state index contributed by atoms with van der Waals surface area (Å²) in [5, 5.41) is 9.07. The lowest BCUT2D eigenvalue weighted by Crippen LogP contribution is -2.59. The van der Waals surface area contributed by atoms with Crippen LogP contribution in [0.2, 0.25) is 0 Å². The number of aryl methyl sites for hydroxylation is 1. The molecule has 7 nitrogen and oxygen atoms in total. The van der Waals surface area contributed by atoms with Gasteiger partial charge in [-0.3, -0.25) is 9.59 Å². The Hall–Kier alpha value is -2.92. The fourth-order valence-electron chi connectivity index (χ4n) is 4.46. The molecule has 2 aromatic carbocycles. The van der Waals surface area contributed by atoms with Gasteiger partial charge in [-0.2, -0.15) is 17.5 Å². The number of piperazine rings is 1. The van der Waals surface area contributed by atoms with Crippen molar-refractivity contribution in [3.63, 3.8) is 0 Å². The third-order valence-electron chi connectivity index (χ3n) is 5.87. The van der Waals surface area contributed by atoms with Crippen LogP contribution in [0.4, 0.5) is 13.2 Å². The maximum absolute atomic E-state index is 13.5. The van der Waals surface area contributed by atoms with Crippen molar-refractivity contribution in [1.29, 1.82) is 0 Å². The van der Waals surface area contributed by atoms with Crippen LogP contribution in [0.15, 0.2) is 47.4 Å². The number of halogens is 3. The number of sulfonamides is 1. The zero-order chi connectivity index (χ0) is 26.1. The van der Waals surface area contributed by atoms with Crippen molar-refractivity contribution in [2.75, 3.05) is 13.1 Å². The molecule has 1 heterocycles. The zero-order valence-electron chi connectivity index (χ0n) is 19.5. The first-order valence-corrected chi connectivity index (χ1v) is 12.4. The van der Waals surface area contributed by atoms with Crippen molar-refractivity contribution in [2.24, 2.45) is 0 Å². The minimum absolute atomic E-state index is 0.00280. The zero-order valence-corrected chi connectivity index (χ0v) is 20.4. The first kappa shape index (κ1) is 26.7. The van der Waals surface area contributed by atoms with Crippen LogP contribution in [-0.2, 0) is 38.6 Å². The molecule has 11 heteroatoms. The summed E-state index contributed by atoms with van der Waals surface area (Å²) in [5.41, 5.74) is 0.635. The molecule has 0 aliphatic carbocycles. The lowest BCUT2D eigenvalue weighted by molar-refractivity contribution is -0.138. The minimum atomic E-state index is -4.46. The Morgan fingerprint density at radius 3 is 2.06 bits per heavy atom. The van der Waals surface area contributed by atoms with Gasteiger partial charge in [0.15, 0.2) is 0 Å². The monoisotopic (exact) mass is 512 g/mol. The Kier molecular flexibility index (Phi) is 7.61. The first-order valence-electron chi connectivity index (χ1n) is 11.0. The number of hydrogen-bond acceptors (Lipinski definition) is 4. The molecule has 190 valence electrons. The lowest BCUT2D eigenvalue weighted by Gasteiger charge is -2.43. The van der Waals surface area contributed by atoms with Gasteiger partial charge in [-0.25, -0.2) is 8.42 Å². The second kappa shape index (κ2) is 9.98. The molecule has 1 saturated heterocycles. The molecule has 3 rings (SSSR count). The summed E-state index contributed by atoms with van der Waals surface area (Å²) in [6, 6.07) is 7.73. The Morgan fingerprint density at radius 2 is 1.54 bits per heavy atom. The van der Waals surface area contributed by atoms with Crippen LogP contribution >= 0.6 is 0 Å². The first-order chi connectivity index (χ1) is 16.2. The van der Waals surface area contributed by atoms with Gasteiger partial charge in [0.05, 0.1) is 23.3 Å².